The first-order valence-corrected chi connectivity index (χ1v) is 6.27. The number of carbonyl (C=O) groups is 1. The van der Waals surface area contributed by atoms with Crippen molar-refractivity contribution in [3.63, 3.8) is 0 Å². The van der Waals surface area contributed by atoms with Gasteiger partial charge in [-0.15, -0.1) is 11.8 Å². The Morgan fingerprint density at radius 1 is 1.35 bits per heavy atom. The van der Waals surface area contributed by atoms with Gasteiger partial charge in [0.05, 0.1) is 5.75 Å². The van der Waals surface area contributed by atoms with E-state index in [9.17, 15) is 14.4 Å². The maximum absolute atomic E-state index is 11.7. The van der Waals surface area contributed by atoms with E-state index in [1.54, 1.807) is 0 Å². The van der Waals surface area contributed by atoms with Crippen molar-refractivity contribution in [2.75, 3.05) is 11.1 Å². The van der Waals surface area contributed by atoms with E-state index in [0.29, 0.717) is 17.3 Å². The zero-order valence-electron chi connectivity index (χ0n) is 9.57. The van der Waals surface area contributed by atoms with Crippen LogP contribution in [0.2, 0.25) is 0 Å². The molecule has 1 aliphatic rings. The fourth-order valence-corrected chi connectivity index (χ4v) is 2.48. The molecule has 0 saturated carbocycles. The zero-order chi connectivity index (χ0) is 12.6. The summed E-state index contributed by atoms with van der Waals surface area (Å²) in [6.07, 6.45) is 0. The van der Waals surface area contributed by atoms with Gasteiger partial charge in [-0.3, -0.25) is 19.1 Å². The minimum atomic E-state index is -0.481. The topological polar surface area (TPSA) is 84.0 Å². The Balaban J connectivity index is 2.62. The van der Waals surface area contributed by atoms with Gasteiger partial charge in [0.1, 0.15) is 10.7 Å². The molecule has 0 fully saturated rings. The molecule has 0 saturated heterocycles. The van der Waals surface area contributed by atoms with Crippen LogP contribution in [0.25, 0.3) is 0 Å². The maximum atomic E-state index is 11.7. The predicted octanol–water partition coefficient (Wildman–Crippen LogP) is 0.237. The first-order valence-electron chi connectivity index (χ1n) is 5.29. The third kappa shape index (κ3) is 2.28. The number of hydrogen-bond donors (Lipinski definition) is 2. The molecule has 17 heavy (non-hydrogen) atoms. The molecule has 6 nitrogen and oxygen atoms in total. The van der Waals surface area contributed by atoms with Crippen molar-refractivity contribution in [1.82, 2.24) is 9.55 Å². The number of anilines is 1. The van der Waals surface area contributed by atoms with Crippen LogP contribution in [0.4, 0.5) is 5.82 Å². The van der Waals surface area contributed by atoms with E-state index in [1.807, 2.05) is 13.8 Å². The molecule has 0 aromatic carbocycles. The summed E-state index contributed by atoms with van der Waals surface area (Å²) >= 11 is 1.16. The van der Waals surface area contributed by atoms with Crippen molar-refractivity contribution in [2.24, 2.45) is 5.92 Å². The first kappa shape index (κ1) is 12.0. The second kappa shape index (κ2) is 4.40. The largest absolute Gasteiger partial charge is 0.329 e. The van der Waals surface area contributed by atoms with E-state index in [2.05, 4.69) is 10.3 Å². The lowest BCUT2D eigenvalue weighted by molar-refractivity contribution is -0.114. The van der Waals surface area contributed by atoms with E-state index < -0.39 is 11.2 Å². The number of nitrogens with zero attached hydrogens (tertiary/aromatic N) is 1. The number of aromatic nitrogens is 2. The van der Waals surface area contributed by atoms with Crippen molar-refractivity contribution < 1.29 is 4.79 Å². The summed E-state index contributed by atoms with van der Waals surface area (Å²) in [5, 5.41) is 2.60. The van der Waals surface area contributed by atoms with Crippen LogP contribution in [-0.2, 0) is 11.3 Å². The van der Waals surface area contributed by atoms with Gasteiger partial charge in [0, 0.05) is 6.54 Å². The highest BCUT2D eigenvalue weighted by Gasteiger charge is 2.23. The Morgan fingerprint density at radius 3 is 2.71 bits per heavy atom. The van der Waals surface area contributed by atoms with Crippen molar-refractivity contribution in [2.45, 2.75) is 25.3 Å². The summed E-state index contributed by atoms with van der Waals surface area (Å²) in [7, 11) is 0. The third-order valence-electron chi connectivity index (χ3n) is 2.31. The Kier molecular flexibility index (Phi) is 3.10. The second-order valence-corrected chi connectivity index (χ2v) is 5.26. The number of carbonyl (C=O) groups excluding carboxylic acids is 1. The minimum absolute atomic E-state index is 0.190. The molecule has 2 N–H and O–H groups in total. The summed E-state index contributed by atoms with van der Waals surface area (Å²) in [6, 6.07) is 0. The highest BCUT2D eigenvalue weighted by molar-refractivity contribution is 8.00. The van der Waals surface area contributed by atoms with Gasteiger partial charge in [-0.05, 0) is 5.92 Å². The van der Waals surface area contributed by atoms with Gasteiger partial charge in [-0.2, -0.15) is 0 Å². The molecular formula is C10H13N3O3S. The Labute approximate surface area is 101 Å². The number of H-pyrrole nitrogens is 1. The van der Waals surface area contributed by atoms with Gasteiger partial charge >= 0.3 is 5.69 Å². The number of aromatic amines is 1. The molecule has 7 heteroatoms. The number of nitrogens with one attached hydrogen (secondary N) is 2. The molecule has 1 aromatic rings. The highest BCUT2D eigenvalue weighted by atomic mass is 32.2. The molecule has 0 bridgehead atoms. The number of fused-ring (bicyclic) bond motifs is 1. The first-order chi connectivity index (χ1) is 7.99. The molecule has 2 rings (SSSR count). The van der Waals surface area contributed by atoms with Gasteiger partial charge in [0.2, 0.25) is 5.91 Å². The average molecular weight is 255 g/mol. The van der Waals surface area contributed by atoms with Crippen LogP contribution in [0, 0.1) is 5.92 Å². The van der Waals surface area contributed by atoms with Crippen LogP contribution in [0.1, 0.15) is 13.8 Å². The lowest BCUT2D eigenvalue weighted by Gasteiger charge is -2.20. The predicted molar refractivity (Wildman–Crippen MR) is 65.5 cm³/mol. The molecule has 1 aromatic heterocycles. The number of thioether (sulfide) groups is 1. The fraction of sp³-hybridized carbons (Fsp3) is 0.500. The van der Waals surface area contributed by atoms with Crippen LogP contribution in [0.3, 0.4) is 0 Å². The van der Waals surface area contributed by atoms with Gasteiger partial charge < -0.3 is 5.32 Å². The van der Waals surface area contributed by atoms with Crippen molar-refractivity contribution in [1.29, 1.82) is 0 Å². The van der Waals surface area contributed by atoms with E-state index in [-0.39, 0.29) is 17.6 Å². The Bertz CT molecular complexity index is 573. The second-order valence-electron chi connectivity index (χ2n) is 4.28. The standard InChI is InChI=1S/C10H13N3O3S/c1-5(2)3-13-8-7(9(15)12-10(13)16)17-4-6(14)11-8/h5H,3-4H2,1-2H3,(H,11,14)(H,12,15,16). The molecule has 0 unspecified atom stereocenters. The quantitative estimate of drug-likeness (QED) is 0.792. The van der Waals surface area contributed by atoms with Crippen molar-refractivity contribution in [3.8, 4) is 0 Å². The van der Waals surface area contributed by atoms with E-state index in [4.69, 9.17) is 0 Å². The van der Waals surface area contributed by atoms with Crippen LogP contribution < -0.4 is 16.6 Å². The molecule has 1 aliphatic heterocycles. The van der Waals surface area contributed by atoms with Crippen molar-refractivity contribution >= 4 is 23.5 Å². The zero-order valence-corrected chi connectivity index (χ0v) is 10.4. The van der Waals surface area contributed by atoms with Crippen LogP contribution in [-0.4, -0.2) is 21.2 Å². The van der Waals surface area contributed by atoms with E-state index >= 15 is 0 Å². The lowest BCUT2D eigenvalue weighted by Crippen LogP contribution is -2.37. The summed E-state index contributed by atoms with van der Waals surface area (Å²) in [5.41, 5.74) is -0.916. The summed E-state index contributed by atoms with van der Waals surface area (Å²) < 4.78 is 1.41. The Hall–Kier alpha value is -1.50. The molecular weight excluding hydrogens is 242 g/mol. The van der Waals surface area contributed by atoms with Crippen LogP contribution in [0.5, 0.6) is 0 Å². The number of amides is 1. The molecule has 2 heterocycles. The summed E-state index contributed by atoms with van der Waals surface area (Å²) in [6.45, 7) is 4.38. The summed E-state index contributed by atoms with van der Waals surface area (Å²) in [4.78, 5) is 37.3. The molecule has 0 aliphatic carbocycles. The monoisotopic (exact) mass is 255 g/mol. The van der Waals surface area contributed by atoms with Crippen LogP contribution >= 0.6 is 11.8 Å². The molecule has 92 valence electrons. The van der Waals surface area contributed by atoms with Crippen molar-refractivity contribution in [3.05, 3.63) is 20.8 Å². The van der Waals surface area contributed by atoms with Gasteiger partial charge in [0.15, 0.2) is 0 Å². The van der Waals surface area contributed by atoms with Gasteiger partial charge in [0.25, 0.3) is 5.56 Å². The SMILES string of the molecule is CC(C)Cn1c2c(c(=O)[nH]c1=O)SCC(=O)N2. The normalized spacial score (nSPS) is 14.6. The third-order valence-corrected chi connectivity index (χ3v) is 3.38. The fourth-order valence-electron chi connectivity index (χ4n) is 1.66. The maximum Gasteiger partial charge on any atom is 0.329 e. The average Bonchev–Trinajstić information content (AvgIpc) is 2.23. The molecule has 0 radical (unpaired) electrons. The minimum Gasteiger partial charge on any atom is -0.310 e. The van der Waals surface area contributed by atoms with E-state index in [1.165, 1.54) is 4.57 Å². The summed E-state index contributed by atoms with van der Waals surface area (Å²) in [5.74, 6) is 0.584. The lowest BCUT2D eigenvalue weighted by atomic mass is 10.2. The van der Waals surface area contributed by atoms with Gasteiger partial charge in [-0.1, -0.05) is 13.8 Å². The molecule has 1 amide bonds. The van der Waals surface area contributed by atoms with Gasteiger partial charge in [-0.25, -0.2) is 4.79 Å². The molecule has 0 atom stereocenters. The number of rotatable bonds is 2. The Morgan fingerprint density at radius 2 is 2.06 bits per heavy atom. The van der Waals surface area contributed by atoms with Crippen LogP contribution in [0.15, 0.2) is 14.5 Å². The highest BCUT2D eigenvalue weighted by Crippen LogP contribution is 2.26. The van der Waals surface area contributed by atoms with E-state index in [0.717, 1.165) is 11.8 Å². The molecule has 0 spiro atoms. The number of hydrogen-bond acceptors (Lipinski definition) is 4. The smallest absolute Gasteiger partial charge is 0.310 e.